The van der Waals surface area contributed by atoms with Gasteiger partial charge in [0.1, 0.15) is 0 Å². The van der Waals surface area contributed by atoms with Gasteiger partial charge in [-0.05, 0) is 24.6 Å². The molecule has 2 rings (SSSR count). The number of nitrogen functional groups attached to an aromatic ring is 1. The standard InChI is InChI=1S/C12H16N4O2S/c1-19(18)6-2-5-14-12-15-10-4-3-8(13)7-9(10)11(17)16-12/h3-4,7H,2,5-6,13H2,1H3,(H2,14,15,16,17). The van der Waals surface area contributed by atoms with Gasteiger partial charge in [-0.3, -0.25) is 14.0 Å². The van der Waals surface area contributed by atoms with Gasteiger partial charge in [-0.1, -0.05) is 0 Å². The summed E-state index contributed by atoms with van der Waals surface area (Å²) in [6.45, 7) is 0.614. The molecule has 1 atom stereocenters. The number of hydrogen-bond acceptors (Lipinski definition) is 5. The molecule has 0 aliphatic heterocycles. The number of aromatic amines is 1. The minimum Gasteiger partial charge on any atom is -0.399 e. The van der Waals surface area contributed by atoms with Gasteiger partial charge in [0.25, 0.3) is 5.56 Å². The molecule has 1 aromatic heterocycles. The van der Waals surface area contributed by atoms with E-state index < -0.39 is 10.8 Å². The fourth-order valence-electron chi connectivity index (χ4n) is 1.72. The number of hydrogen-bond donors (Lipinski definition) is 3. The maximum Gasteiger partial charge on any atom is 0.260 e. The van der Waals surface area contributed by atoms with Gasteiger partial charge in [-0.15, -0.1) is 0 Å². The highest BCUT2D eigenvalue weighted by Crippen LogP contribution is 2.12. The highest BCUT2D eigenvalue weighted by atomic mass is 32.2. The molecular weight excluding hydrogens is 264 g/mol. The Labute approximate surface area is 112 Å². The van der Waals surface area contributed by atoms with Crippen LogP contribution in [0.4, 0.5) is 11.6 Å². The molecule has 0 aliphatic carbocycles. The molecule has 0 saturated heterocycles. The zero-order chi connectivity index (χ0) is 13.8. The molecule has 1 unspecified atom stereocenters. The monoisotopic (exact) mass is 280 g/mol. The first kappa shape index (κ1) is 13.5. The summed E-state index contributed by atoms with van der Waals surface area (Å²) in [5.74, 6) is 1.05. The van der Waals surface area contributed by atoms with Crippen molar-refractivity contribution in [2.24, 2.45) is 0 Å². The van der Waals surface area contributed by atoms with E-state index in [0.29, 0.717) is 34.8 Å². The van der Waals surface area contributed by atoms with Gasteiger partial charge in [0.2, 0.25) is 5.95 Å². The molecule has 0 aliphatic rings. The van der Waals surface area contributed by atoms with Crippen LogP contribution < -0.4 is 16.6 Å². The lowest BCUT2D eigenvalue weighted by Gasteiger charge is -2.06. The predicted octanol–water partition coefficient (Wildman–Crippen LogP) is 0.686. The van der Waals surface area contributed by atoms with E-state index in [1.165, 1.54) is 0 Å². The molecule has 0 spiro atoms. The molecule has 6 nitrogen and oxygen atoms in total. The number of fused-ring (bicyclic) bond motifs is 1. The Hall–Kier alpha value is -1.89. The van der Waals surface area contributed by atoms with Crippen molar-refractivity contribution >= 4 is 33.3 Å². The number of nitrogens with zero attached hydrogens (tertiary/aromatic N) is 1. The molecule has 1 aromatic carbocycles. The Morgan fingerprint density at radius 1 is 1.47 bits per heavy atom. The SMILES string of the molecule is CS(=O)CCCNc1nc2ccc(N)cc2c(=O)[nH]1. The van der Waals surface area contributed by atoms with Crippen molar-refractivity contribution in [2.75, 3.05) is 29.6 Å². The maximum absolute atomic E-state index is 11.9. The van der Waals surface area contributed by atoms with Crippen molar-refractivity contribution in [3.63, 3.8) is 0 Å². The summed E-state index contributed by atoms with van der Waals surface area (Å²) in [4.78, 5) is 18.8. The van der Waals surface area contributed by atoms with E-state index in [-0.39, 0.29) is 5.56 Å². The van der Waals surface area contributed by atoms with Gasteiger partial charge in [-0.25, -0.2) is 4.98 Å². The van der Waals surface area contributed by atoms with Crippen LogP contribution >= 0.6 is 0 Å². The molecule has 0 fully saturated rings. The Bertz CT molecular complexity index is 668. The lowest BCUT2D eigenvalue weighted by atomic mass is 10.2. The average Bonchev–Trinajstić information content (AvgIpc) is 2.35. The van der Waals surface area contributed by atoms with Crippen molar-refractivity contribution < 1.29 is 4.21 Å². The maximum atomic E-state index is 11.9. The van der Waals surface area contributed by atoms with Crippen LogP contribution in [0.3, 0.4) is 0 Å². The minimum absolute atomic E-state index is 0.223. The van der Waals surface area contributed by atoms with Gasteiger partial charge in [0.15, 0.2) is 0 Å². The molecular formula is C12H16N4O2S. The van der Waals surface area contributed by atoms with Crippen molar-refractivity contribution in [1.29, 1.82) is 0 Å². The number of nitrogens with two attached hydrogens (primary N) is 1. The second-order valence-corrected chi connectivity index (χ2v) is 5.80. The first-order chi connectivity index (χ1) is 9.06. The van der Waals surface area contributed by atoms with E-state index in [4.69, 9.17) is 5.73 Å². The summed E-state index contributed by atoms with van der Waals surface area (Å²) in [5, 5.41) is 3.49. The number of rotatable bonds is 5. The quantitative estimate of drug-likeness (QED) is 0.552. The van der Waals surface area contributed by atoms with Crippen LogP contribution in [0.2, 0.25) is 0 Å². The zero-order valence-electron chi connectivity index (χ0n) is 10.6. The highest BCUT2D eigenvalue weighted by molar-refractivity contribution is 7.84. The Kier molecular flexibility index (Phi) is 4.16. The summed E-state index contributed by atoms with van der Waals surface area (Å²) >= 11 is 0. The molecule has 7 heteroatoms. The van der Waals surface area contributed by atoms with Crippen LogP contribution in [0.15, 0.2) is 23.0 Å². The number of H-pyrrole nitrogens is 1. The van der Waals surface area contributed by atoms with Crippen LogP contribution in [0.5, 0.6) is 0 Å². The zero-order valence-corrected chi connectivity index (χ0v) is 11.4. The number of aromatic nitrogens is 2. The molecule has 4 N–H and O–H groups in total. The Balaban J connectivity index is 2.15. The lowest BCUT2D eigenvalue weighted by Crippen LogP contribution is -2.15. The van der Waals surface area contributed by atoms with Crippen LogP contribution in [0, 0.1) is 0 Å². The van der Waals surface area contributed by atoms with Crippen molar-refractivity contribution in [3.05, 3.63) is 28.6 Å². The first-order valence-electron chi connectivity index (χ1n) is 5.90. The number of anilines is 2. The largest absolute Gasteiger partial charge is 0.399 e. The van der Waals surface area contributed by atoms with E-state index in [1.54, 1.807) is 24.5 Å². The third-order valence-electron chi connectivity index (χ3n) is 2.63. The minimum atomic E-state index is -0.799. The lowest BCUT2D eigenvalue weighted by molar-refractivity contribution is 0.685. The summed E-state index contributed by atoms with van der Waals surface area (Å²) < 4.78 is 10.9. The fourth-order valence-corrected chi connectivity index (χ4v) is 2.27. The molecule has 102 valence electrons. The van der Waals surface area contributed by atoms with E-state index in [0.717, 1.165) is 6.42 Å². The van der Waals surface area contributed by atoms with Gasteiger partial charge >= 0.3 is 0 Å². The first-order valence-corrected chi connectivity index (χ1v) is 7.62. The number of benzene rings is 1. The highest BCUT2D eigenvalue weighted by Gasteiger charge is 2.03. The third kappa shape index (κ3) is 3.54. The molecule has 0 bridgehead atoms. The van der Waals surface area contributed by atoms with Gasteiger partial charge < -0.3 is 11.1 Å². The topological polar surface area (TPSA) is 101 Å². The molecule has 19 heavy (non-hydrogen) atoms. The van der Waals surface area contributed by atoms with Crippen LogP contribution in [-0.2, 0) is 10.8 Å². The van der Waals surface area contributed by atoms with Gasteiger partial charge in [0.05, 0.1) is 10.9 Å². The Morgan fingerprint density at radius 3 is 3.00 bits per heavy atom. The molecule has 0 radical (unpaired) electrons. The average molecular weight is 280 g/mol. The molecule has 0 saturated carbocycles. The third-order valence-corrected chi connectivity index (χ3v) is 3.49. The van der Waals surface area contributed by atoms with Crippen LogP contribution in [0.1, 0.15) is 6.42 Å². The smallest absolute Gasteiger partial charge is 0.260 e. The second kappa shape index (κ2) is 5.83. The Morgan fingerprint density at radius 2 is 2.26 bits per heavy atom. The van der Waals surface area contributed by atoms with Crippen molar-refractivity contribution in [3.8, 4) is 0 Å². The molecule has 1 heterocycles. The predicted molar refractivity (Wildman–Crippen MR) is 78.8 cm³/mol. The van der Waals surface area contributed by atoms with E-state index >= 15 is 0 Å². The second-order valence-electron chi connectivity index (χ2n) is 4.25. The van der Waals surface area contributed by atoms with Crippen LogP contribution in [0.25, 0.3) is 10.9 Å². The fraction of sp³-hybridized carbons (Fsp3) is 0.333. The summed E-state index contributed by atoms with van der Waals surface area (Å²) in [6.07, 6.45) is 2.42. The van der Waals surface area contributed by atoms with Crippen LogP contribution in [-0.4, -0.2) is 32.7 Å². The van der Waals surface area contributed by atoms with E-state index in [1.807, 2.05) is 0 Å². The van der Waals surface area contributed by atoms with Gasteiger partial charge in [0, 0.05) is 35.0 Å². The van der Waals surface area contributed by atoms with Gasteiger partial charge in [-0.2, -0.15) is 0 Å². The normalized spacial score (nSPS) is 12.5. The van der Waals surface area contributed by atoms with Crippen molar-refractivity contribution in [2.45, 2.75) is 6.42 Å². The number of nitrogens with one attached hydrogen (secondary N) is 2. The van der Waals surface area contributed by atoms with E-state index in [9.17, 15) is 9.00 Å². The van der Waals surface area contributed by atoms with Crippen molar-refractivity contribution in [1.82, 2.24) is 9.97 Å². The molecule has 0 amide bonds. The van der Waals surface area contributed by atoms with E-state index in [2.05, 4.69) is 15.3 Å². The molecule has 2 aromatic rings. The summed E-state index contributed by atoms with van der Waals surface area (Å²) in [6, 6.07) is 5.02. The summed E-state index contributed by atoms with van der Waals surface area (Å²) in [5.41, 5.74) is 6.54. The summed E-state index contributed by atoms with van der Waals surface area (Å²) in [7, 11) is -0.799.